The molecule has 3 rings (SSSR count). The van der Waals surface area contributed by atoms with Crippen molar-refractivity contribution in [1.82, 2.24) is 4.98 Å². The predicted octanol–water partition coefficient (Wildman–Crippen LogP) is 4.89. The molecule has 0 amide bonds. The topological polar surface area (TPSA) is 24.9 Å². The Morgan fingerprint density at radius 3 is 3.17 bits per heavy atom. The zero-order chi connectivity index (χ0) is 12.5. The molecule has 0 bridgehead atoms. The van der Waals surface area contributed by atoms with Crippen molar-refractivity contribution in [3.8, 4) is 0 Å². The highest BCUT2D eigenvalue weighted by Crippen LogP contribution is 2.38. The van der Waals surface area contributed by atoms with Crippen molar-refractivity contribution in [2.45, 2.75) is 25.3 Å². The maximum atomic E-state index is 5.92. The van der Waals surface area contributed by atoms with E-state index in [0.29, 0.717) is 11.2 Å². The summed E-state index contributed by atoms with van der Waals surface area (Å²) in [5.74, 6) is 0. The number of anilines is 1. The van der Waals surface area contributed by atoms with E-state index in [2.05, 4.69) is 39.0 Å². The van der Waals surface area contributed by atoms with Crippen LogP contribution in [0.1, 0.15) is 29.3 Å². The second kappa shape index (κ2) is 5.35. The average Bonchev–Trinajstić information content (AvgIpc) is 2.71. The Hall–Kier alpha value is -0.330. The van der Waals surface area contributed by atoms with Crippen LogP contribution >= 0.6 is 45.5 Å². The maximum absolute atomic E-state index is 5.92. The number of nitrogens with one attached hydrogen (secondary N) is 1. The van der Waals surface area contributed by atoms with E-state index < -0.39 is 0 Å². The minimum atomic E-state index is 0.409. The lowest BCUT2D eigenvalue weighted by Gasteiger charge is -2.24. The Morgan fingerprint density at radius 1 is 1.44 bits per heavy atom. The summed E-state index contributed by atoms with van der Waals surface area (Å²) >= 11 is 10.2. The zero-order valence-corrected chi connectivity index (χ0v) is 13.3. The molecule has 0 saturated carbocycles. The number of halogens is 2. The highest BCUT2D eigenvalue weighted by Gasteiger charge is 2.22. The molecule has 94 valence electrons. The molecule has 2 nitrogen and oxygen atoms in total. The lowest BCUT2D eigenvalue weighted by atomic mass is 9.94. The molecule has 0 spiro atoms. The van der Waals surface area contributed by atoms with Crippen LogP contribution in [0.25, 0.3) is 0 Å². The first kappa shape index (κ1) is 12.7. The van der Waals surface area contributed by atoms with Crippen LogP contribution in [-0.2, 0) is 6.42 Å². The maximum Gasteiger partial charge on any atom is 0.131 e. The molecule has 1 N–H and O–H groups in total. The van der Waals surface area contributed by atoms with Gasteiger partial charge < -0.3 is 5.32 Å². The van der Waals surface area contributed by atoms with Gasteiger partial charge in [0.2, 0.25) is 0 Å². The van der Waals surface area contributed by atoms with Crippen molar-refractivity contribution in [3.63, 3.8) is 0 Å². The van der Waals surface area contributed by atoms with E-state index >= 15 is 0 Å². The summed E-state index contributed by atoms with van der Waals surface area (Å²) in [6.07, 6.45) is 5.39. The molecule has 2 heterocycles. The van der Waals surface area contributed by atoms with Crippen molar-refractivity contribution in [3.05, 3.63) is 42.9 Å². The molecule has 1 aliphatic rings. The molecule has 0 fully saturated rings. The van der Waals surface area contributed by atoms with Gasteiger partial charge in [-0.15, -0.1) is 11.3 Å². The van der Waals surface area contributed by atoms with Crippen LogP contribution in [-0.4, -0.2) is 4.98 Å². The van der Waals surface area contributed by atoms with Gasteiger partial charge in [-0.1, -0.05) is 11.6 Å². The normalized spacial score (nSPS) is 18.4. The van der Waals surface area contributed by atoms with Gasteiger partial charge in [0.25, 0.3) is 0 Å². The minimum Gasteiger partial charge on any atom is -0.378 e. The quantitative estimate of drug-likeness (QED) is 0.583. The van der Waals surface area contributed by atoms with E-state index in [9.17, 15) is 0 Å². The van der Waals surface area contributed by atoms with Gasteiger partial charge in [-0.05, 0) is 65.6 Å². The Balaban J connectivity index is 1.86. The number of aromatic nitrogens is 1. The van der Waals surface area contributed by atoms with Gasteiger partial charge >= 0.3 is 0 Å². The first-order chi connectivity index (χ1) is 8.72. The highest BCUT2D eigenvalue weighted by molar-refractivity contribution is 14.1. The third kappa shape index (κ3) is 2.65. The Labute approximate surface area is 129 Å². The number of hydrogen-bond donors (Lipinski definition) is 1. The van der Waals surface area contributed by atoms with Crippen LogP contribution < -0.4 is 5.32 Å². The van der Waals surface area contributed by atoms with E-state index in [-0.39, 0.29) is 0 Å². The second-order valence-corrected chi connectivity index (χ2v) is 7.80. The molecule has 0 radical (unpaired) electrons. The van der Waals surface area contributed by atoms with Crippen LogP contribution in [0.5, 0.6) is 0 Å². The van der Waals surface area contributed by atoms with Crippen LogP contribution in [0.4, 0.5) is 5.69 Å². The molecule has 1 aliphatic carbocycles. The van der Waals surface area contributed by atoms with Crippen LogP contribution in [0.15, 0.2) is 24.4 Å². The number of rotatable bonds is 2. The zero-order valence-electron chi connectivity index (χ0n) is 9.62. The fourth-order valence-corrected chi connectivity index (χ4v) is 4.66. The molecular formula is C13H12ClIN2S. The average molecular weight is 391 g/mol. The van der Waals surface area contributed by atoms with Crippen LogP contribution in [0.2, 0.25) is 5.15 Å². The summed E-state index contributed by atoms with van der Waals surface area (Å²) in [7, 11) is 0. The fourth-order valence-electron chi connectivity index (χ4n) is 2.36. The number of thiophene rings is 1. The van der Waals surface area contributed by atoms with Crippen molar-refractivity contribution in [2.24, 2.45) is 0 Å². The van der Waals surface area contributed by atoms with E-state index in [1.165, 1.54) is 32.6 Å². The summed E-state index contributed by atoms with van der Waals surface area (Å²) in [6, 6.07) is 6.57. The Kier molecular flexibility index (Phi) is 3.77. The van der Waals surface area contributed by atoms with Crippen molar-refractivity contribution >= 4 is 51.2 Å². The van der Waals surface area contributed by atoms with Gasteiger partial charge in [0.1, 0.15) is 5.15 Å². The number of pyridine rings is 1. The molecule has 2 aromatic rings. The van der Waals surface area contributed by atoms with Crippen LogP contribution in [0, 0.1) is 2.88 Å². The summed E-state index contributed by atoms with van der Waals surface area (Å²) in [5, 5.41) is 4.11. The van der Waals surface area contributed by atoms with Crippen molar-refractivity contribution in [1.29, 1.82) is 0 Å². The first-order valence-electron chi connectivity index (χ1n) is 5.88. The minimum absolute atomic E-state index is 0.409. The van der Waals surface area contributed by atoms with Gasteiger partial charge in [0.15, 0.2) is 0 Å². The molecular weight excluding hydrogens is 379 g/mol. The molecule has 0 aromatic carbocycles. The SMILES string of the molecule is Clc1cc(NC2CCCc3sc(I)cc32)ccn1. The lowest BCUT2D eigenvalue weighted by Crippen LogP contribution is -2.15. The number of hydrogen-bond acceptors (Lipinski definition) is 3. The summed E-state index contributed by atoms with van der Waals surface area (Å²) in [5.41, 5.74) is 2.51. The summed E-state index contributed by atoms with van der Waals surface area (Å²) in [6.45, 7) is 0. The van der Waals surface area contributed by atoms with E-state index in [1.807, 2.05) is 23.5 Å². The molecule has 2 aromatic heterocycles. The number of fused-ring (bicyclic) bond motifs is 1. The molecule has 0 saturated heterocycles. The Bertz CT molecular complexity index is 570. The predicted molar refractivity (Wildman–Crippen MR) is 85.6 cm³/mol. The molecule has 1 unspecified atom stereocenters. The van der Waals surface area contributed by atoms with Crippen molar-refractivity contribution in [2.75, 3.05) is 5.32 Å². The van der Waals surface area contributed by atoms with Crippen molar-refractivity contribution < 1.29 is 0 Å². The monoisotopic (exact) mass is 390 g/mol. The van der Waals surface area contributed by atoms with Gasteiger partial charge in [-0.2, -0.15) is 0 Å². The smallest absolute Gasteiger partial charge is 0.131 e. The third-order valence-electron chi connectivity index (χ3n) is 3.15. The van der Waals surface area contributed by atoms with E-state index in [0.717, 1.165) is 5.69 Å². The number of nitrogens with zero attached hydrogens (tertiary/aromatic N) is 1. The standard InChI is InChI=1S/C13H12ClIN2S/c14-12-6-8(4-5-16-12)17-10-2-1-3-11-9(10)7-13(15)18-11/h4-7,10H,1-3H2,(H,16,17). The Morgan fingerprint density at radius 2 is 2.33 bits per heavy atom. The van der Waals surface area contributed by atoms with E-state index in [1.54, 1.807) is 6.20 Å². The van der Waals surface area contributed by atoms with Gasteiger partial charge in [0, 0.05) is 16.8 Å². The number of aryl methyl sites for hydroxylation is 1. The largest absolute Gasteiger partial charge is 0.378 e. The highest BCUT2D eigenvalue weighted by atomic mass is 127. The van der Waals surface area contributed by atoms with E-state index in [4.69, 9.17) is 11.6 Å². The first-order valence-corrected chi connectivity index (χ1v) is 8.16. The third-order valence-corrected chi connectivity index (χ3v) is 5.33. The fraction of sp³-hybridized carbons (Fsp3) is 0.308. The molecule has 5 heteroatoms. The molecule has 18 heavy (non-hydrogen) atoms. The lowest BCUT2D eigenvalue weighted by molar-refractivity contribution is 0.608. The summed E-state index contributed by atoms with van der Waals surface area (Å²) < 4.78 is 1.37. The molecule has 1 atom stereocenters. The summed E-state index contributed by atoms with van der Waals surface area (Å²) in [4.78, 5) is 5.54. The second-order valence-electron chi connectivity index (χ2n) is 4.39. The molecule has 0 aliphatic heterocycles. The van der Waals surface area contributed by atoms with Gasteiger partial charge in [0.05, 0.1) is 8.93 Å². The van der Waals surface area contributed by atoms with Gasteiger partial charge in [-0.3, -0.25) is 0 Å². The van der Waals surface area contributed by atoms with Gasteiger partial charge in [-0.25, -0.2) is 4.98 Å². The van der Waals surface area contributed by atoms with Crippen LogP contribution in [0.3, 0.4) is 0 Å².